The summed E-state index contributed by atoms with van der Waals surface area (Å²) in [5.74, 6) is 0.868. The van der Waals surface area contributed by atoms with E-state index in [0.29, 0.717) is 17.0 Å². The molecule has 0 saturated carbocycles. The summed E-state index contributed by atoms with van der Waals surface area (Å²) in [6.45, 7) is 6.53. The van der Waals surface area contributed by atoms with Crippen molar-refractivity contribution in [1.82, 2.24) is 0 Å². The van der Waals surface area contributed by atoms with Crippen molar-refractivity contribution in [2.24, 2.45) is 0 Å². The molecule has 0 unspecified atom stereocenters. The summed E-state index contributed by atoms with van der Waals surface area (Å²) in [5, 5.41) is 0.762. The average molecular weight is 372 g/mol. The van der Waals surface area contributed by atoms with Gasteiger partial charge >= 0.3 is 0 Å². The van der Waals surface area contributed by atoms with Gasteiger partial charge in [-0.25, -0.2) is 4.39 Å². The van der Waals surface area contributed by atoms with E-state index in [1.165, 1.54) is 12.1 Å². The first-order valence-electron chi connectivity index (χ1n) is 6.75. The molecule has 0 atom stereocenters. The first kappa shape index (κ1) is 16.3. The van der Waals surface area contributed by atoms with Crippen LogP contribution in [0.2, 0.25) is 5.02 Å². The topological polar surface area (TPSA) is 9.23 Å². The summed E-state index contributed by atoms with van der Waals surface area (Å²) in [6.07, 6.45) is 0. The second-order valence-electron chi connectivity index (χ2n) is 5.32. The largest absolute Gasteiger partial charge is 0.489 e. The smallest absolute Gasteiger partial charge is 0.124 e. The molecule has 2 aromatic carbocycles. The van der Waals surface area contributed by atoms with E-state index >= 15 is 0 Å². The van der Waals surface area contributed by atoms with Crippen LogP contribution in [0.1, 0.15) is 36.5 Å². The molecule has 0 heterocycles. The Morgan fingerprint density at radius 3 is 2.57 bits per heavy atom. The molecular weight excluding hydrogens is 355 g/mol. The minimum absolute atomic E-state index is 0.268. The fraction of sp³-hybridized carbons (Fsp3) is 0.294. The molecule has 0 aliphatic rings. The standard InChI is InChI=1S/C17H17BrClFO/c1-10(2)14-8-17(11(3)6-16(14)19)21-9-12-4-5-13(20)7-15(12)18/h4-8,10H,9H2,1-3H3. The Hall–Kier alpha value is -1.06. The van der Waals surface area contributed by atoms with Gasteiger partial charge in [-0.15, -0.1) is 0 Å². The van der Waals surface area contributed by atoms with E-state index in [0.717, 1.165) is 27.5 Å². The highest BCUT2D eigenvalue weighted by Gasteiger charge is 2.11. The third-order valence-electron chi connectivity index (χ3n) is 3.31. The molecule has 0 N–H and O–H groups in total. The maximum absolute atomic E-state index is 13.1. The molecule has 0 amide bonds. The van der Waals surface area contributed by atoms with Crippen molar-refractivity contribution < 1.29 is 9.13 Å². The molecule has 0 saturated heterocycles. The van der Waals surface area contributed by atoms with Crippen LogP contribution in [0.4, 0.5) is 4.39 Å². The highest BCUT2D eigenvalue weighted by molar-refractivity contribution is 9.10. The normalized spacial score (nSPS) is 11.0. The summed E-state index contributed by atoms with van der Waals surface area (Å²) in [7, 11) is 0. The first-order chi connectivity index (χ1) is 9.88. The highest BCUT2D eigenvalue weighted by atomic mass is 79.9. The molecule has 4 heteroatoms. The number of halogens is 3. The van der Waals surface area contributed by atoms with Gasteiger partial charge in [-0.3, -0.25) is 0 Å². The lowest BCUT2D eigenvalue weighted by Crippen LogP contribution is -2.00. The number of hydrogen-bond donors (Lipinski definition) is 0. The van der Waals surface area contributed by atoms with Gasteiger partial charge in [-0.1, -0.05) is 47.4 Å². The van der Waals surface area contributed by atoms with E-state index in [1.54, 1.807) is 6.07 Å². The van der Waals surface area contributed by atoms with Crippen LogP contribution in [-0.2, 0) is 6.61 Å². The van der Waals surface area contributed by atoms with Crippen LogP contribution in [0.3, 0.4) is 0 Å². The molecule has 0 bridgehead atoms. The summed E-state index contributed by atoms with van der Waals surface area (Å²) < 4.78 is 19.7. The third kappa shape index (κ3) is 3.98. The molecule has 0 fully saturated rings. The lowest BCUT2D eigenvalue weighted by molar-refractivity contribution is 0.302. The van der Waals surface area contributed by atoms with E-state index in [-0.39, 0.29) is 5.82 Å². The number of rotatable bonds is 4. The molecule has 0 aliphatic carbocycles. The number of benzene rings is 2. The monoisotopic (exact) mass is 370 g/mol. The number of ether oxygens (including phenoxy) is 1. The molecule has 1 nitrogen and oxygen atoms in total. The Morgan fingerprint density at radius 1 is 1.24 bits per heavy atom. The van der Waals surface area contributed by atoms with Crippen molar-refractivity contribution in [3.05, 3.63) is 62.3 Å². The van der Waals surface area contributed by atoms with Gasteiger partial charge in [-0.2, -0.15) is 0 Å². The van der Waals surface area contributed by atoms with Gasteiger partial charge in [0.25, 0.3) is 0 Å². The summed E-state index contributed by atoms with van der Waals surface area (Å²) in [5.41, 5.74) is 2.95. The second-order valence-corrected chi connectivity index (χ2v) is 6.58. The van der Waals surface area contributed by atoms with Crippen LogP contribution < -0.4 is 4.74 Å². The predicted molar refractivity (Wildman–Crippen MR) is 88.7 cm³/mol. The molecule has 2 aromatic rings. The molecular formula is C17H17BrClFO. The fourth-order valence-electron chi connectivity index (χ4n) is 2.06. The van der Waals surface area contributed by atoms with Crippen LogP contribution in [0.5, 0.6) is 5.75 Å². The zero-order valence-electron chi connectivity index (χ0n) is 12.2. The number of aryl methyl sites for hydroxylation is 1. The van der Waals surface area contributed by atoms with Gasteiger partial charge in [0.15, 0.2) is 0 Å². The van der Waals surface area contributed by atoms with E-state index in [4.69, 9.17) is 16.3 Å². The maximum Gasteiger partial charge on any atom is 0.124 e. The van der Waals surface area contributed by atoms with Crippen molar-refractivity contribution in [2.75, 3.05) is 0 Å². The van der Waals surface area contributed by atoms with Gasteiger partial charge < -0.3 is 4.74 Å². The third-order valence-corrected chi connectivity index (χ3v) is 4.38. The van der Waals surface area contributed by atoms with Gasteiger partial charge in [0.1, 0.15) is 18.2 Å². The van der Waals surface area contributed by atoms with Crippen LogP contribution in [0.15, 0.2) is 34.8 Å². The lowest BCUT2D eigenvalue weighted by atomic mass is 10.0. The zero-order valence-corrected chi connectivity index (χ0v) is 14.6. The molecule has 0 spiro atoms. The lowest BCUT2D eigenvalue weighted by Gasteiger charge is -2.15. The maximum atomic E-state index is 13.1. The Morgan fingerprint density at radius 2 is 1.95 bits per heavy atom. The molecule has 0 radical (unpaired) electrons. The van der Waals surface area contributed by atoms with E-state index in [9.17, 15) is 4.39 Å². The van der Waals surface area contributed by atoms with Crippen LogP contribution in [-0.4, -0.2) is 0 Å². The number of hydrogen-bond acceptors (Lipinski definition) is 1. The molecule has 0 aliphatic heterocycles. The van der Waals surface area contributed by atoms with Gasteiger partial charge in [0.2, 0.25) is 0 Å². The minimum Gasteiger partial charge on any atom is -0.489 e. The molecule has 2 rings (SSSR count). The van der Waals surface area contributed by atoms with Crippen molar-refractivity contribution in [2.45, 2.75) is 33.3 Å². The minimum atomic E-state index is -0.268. The van der Waals surface area contributed by atoms with Crippen molar-refractivity contribution in [3.63, 3.8) is 0 Å². The van der Waals surface area contributed by atoms with Crippen LogP contribution >= 0.6 is 27.5 Å². The molecule has 0 aromatic heterocycles. The van der Waals surface area contributed by atoms with Crippen molar-refractivity contribution in [1.29, 1.82) is 0 Å². The van der Waals surface area contributed by atoms with E-state index < -0.39 is 0 Å². The second kappa shape index (κ2) is 6.80. The van der Waals surface area contributed by atoms with Crippen LogP contribution in [0.25, 0.3) is 0 Å². The van der Waals surface area contributed by atoms with Gasteiger partial charge in [0.05, 0.1) is 0 Å². The fourth-order valence-corrected chi connectivity index (χ4v) is 2.96. The SMILES string of the molecule is Cc1cc(Cl)c(C(C)C)cc1OCc1ccc(F)cc1Br. The first-order valence-corrected chi connectivity index (χ1v) is 7.92. The predicted octanol–water partition coefficient (Wildman–Crippen LogP) is 6.25. The van der Waals surface area contributed by atoms with Crippen molar-refractivity contribution >= 4 is 27.5 Å². The van der Waals surface area contributed by atoms with Gasteiger partial charge in [-0.05, 0) is 48.2 Å². The quantitative estimate of drug-likeness (QED) is 0.617. The highest BCUT2D eigenvalue weighted by Crippen LogP contribution is 2.32. The summed E-state index contributed by atoms with van der Waals surface area (Å²) in [6, 6.07) is 8.49. The Bertz CT molecular complexity index is 655. The summed E-state index contributed by atoms with van der Waals surface area (Å²) in [4.78, 5) is 0. The zero-order chi connectivity index (χ0) is 15.6. The van der Waals surface area contributed by atoms with E-state index in [1.807, 2.05) is 19.1 Å². The Kier molecular flexibility index (Phi) is 5.28. The van der Waals surface area contributed by atoms with Crippen LogP contribution in [0, 0.1) is 12.7 Å². The Labute approximate surface area is 138 Å². The molecule has 21 heavy (non-hydrogen) atoms. The van der Waals surface area contributed by atoms with Crippen molar-refractivity contribution in [3.8, 4) is 5.75 Å². The molecule has 112 valence electrons. The Balaban J connectivity index is 2.21. The van der Waals surface area contributed by atoms with Gasteiger partial charge in [0, 0.05) is 15.1 Å². The van der Waals surface area contributed by atoms with E-state index in [2.05, 4.69) is 29.8 Å². The average Bonchev–Trinajstić information content (AvgIpc) is 2.39. The summed E-state index contributed by atoms with van der Waals surface area (Å²) >= 11 is 9.60.